The van der Waals surface area contributed by atoms with Crippen molar-refractivity contribution < 1.29 is 23.8 Å². The predicted octanol–water partition coefficient (Wildman–Crippen LogP) is 3.39. The molecule has 3 atom stereocenters. The van der Waals surface area contributed by atoms with Gasteiger partial charge < -0.3 is 14.2 Å². The van der Waals surface area contributed by atoms with Gasteiger partial charge in [0, 0.05) is 18.8 Å². The molecule has 0 spiro atoms. The molecular weight excluding hydrogens is 384 g/mol. The summed E-state index contributed by atoms with van der Waals surface area (Å²) in [4.78, 5) is 33.6. The highest BCUT2D eigenvalue weighted by Crippen LogP contribution is 2.30. The van der Waals surface area contributed by atoms with Crippen molar-refractivity contribution >= 4 is 11.9 Å². The van der Waals surface area contributed by atoms with Crippen molar-refractivity contribution in [2.24, 2.45) is 0 Å². The quantitative estimate of drug-likeness (QED) is 0.602. The first-order chi connectivity index (χ1) is 14.7. The van der Waals surface area contributed by atoms with Crippen molar-refractivity contribution in [3.8, 4) is 0 Å². The van der Waals surface area contributed by atoms with Crippen LogP contribution in [0.4, 0.5) is 0 Å². The van der Waals surface area contributed by atoms with Crippen molar-refractivity contribution in [1.82, 2.24) is 9.97 Å². The minimum absolute atomic E-state index is 0.0637. The number of carbonyl (C=O) groups excluding carboxylic acids is 2. The first-order valence-electron chi connectivity index (χ1n) is 9.61. The summed E-state index contributed by atoms with van der Waals surface area (Å²) in [5.74, 6) is -0.499. The van der Waals surface area contributed by atoms with Crippen LogP contribution in [0.15, 0.2) is 79.1 Å². The lowest BCUT2D eigenvalue weighted by molar-refractivity contribution is -0.132. The molecule has 0 N–H and O–H groups in total. The second-order valence-electron chi connectivity index (χ2n) is 6.78. The summed E-state index contributed by atoms with van der Waals surface area (Å²) < 4.78 is 17.2. The molecule has 0 unspecified atom stereocenters. The van der Waals surface area contributed by atoms with Gasteiger partial charge in [-0.1, -0.05) is 36.4 Å². The van der Waals surface area contributed by atoms with E-state index in [0.29, 0.717) is 17.0 Å². The molecule has 7 heteroatoms. The smallest absolute Gasteiger partial charge is 0.338 e. The van der Waals surface area contributed by atoms with Crippen LogP contribution in [0.5, 0.6) is 0 Å². The van der Waals surface area contributed by atoms with Gasteiger partial charge in [-0.05, 0) is 30.3 Å². The van der Waals surface area contributed by atoms with Gasteiger partial charge in [-0.3, -0.25) is 0 Å². The third-order valence-electron chi connectivity index (χ3n) is 4.73. The number of rotatable bonds is 5. The van der Waals surface area contributed by atoms with Crippen LogP contribution in [-0.2, 0) is 14.2 Å². The fourth-order valence-corrected chi connectivity index (χ4v) is 3.20. The van der Waals surface area contributed by atoms with E-state index < -0.39 is 30.3 Å². The highest BCUT2D eigenvalue weighted by molar-refractivity contribution is 5.90. The standard InChI is InChI=1S/C23H20N2O5/c26-22(16-8-3-1-4-9-16)29-18-14-19(21-24-12-7-13-25-21)28-15-20(18)30-23(27)17-10-5-2-6-11-17/h1-13,18-20H,14-15H2/t18-,19+,20+/m0/s1. The molecule has 1 aliphatic rings. The van der Waals surface area contributed by atoms with Crippen molar-refractivity contribution in [3.63, 3.8) is 0 Å². The van der Waals surface area contributed by atoms with Crippen LogP contribution in [0.25, 0.3) is 0 Å². The van der Waals surface area contributed by atoms with Crippen LogP contribution in [0.1, 0.15) is 39.1 Å². The molecule has 0 bridgehead atoms. The third-order valence-corrected chi connectivity index (χ3v) is 4.73. The molecular formula is C23H20N2O5. The number of benzene rings is 2. The first-order valence-corrected chi connectivity index (χ1v) is 9.61. The molecule has 4 rings (SSSR count). The summed E-state index contributed by atoms with van der Waals surface area (Å²) in [5.41, 5.74) is 0.837. The van der Waals surface area contributed by atoms with Crippen LogP contribution in [-0.4, -0.2) is 40.7 Å². The summed E-state index contributed by atoms with van der Waals surface area (Å²) in [7, 11) is 0. The third kappa shape index (κ3) is 4.69. The van der Waals surface area contributed by atoms with Gasteiger partial charge >= 0.3 is 11.9 Å². The Labute approximate surface area is 173 Å². The summed E-state index contributed by atoms with van der Waals surface area (Å²) in [6.07, 6.45) is 1.61. The number of nitrogens with zero attached hydrogens (tertiary/aromatic N) is 2. The molecule has 0 aliphatic carbocycles. The van der Waals surface area contributed by atoms with Crippen molar-refractivity contribution in [2.75, 3.05) is 6.61 Å². The molecule has 30 heavy (non-hydrogen) atoms. The number of carbonyl (C=O) groups is 2. The van der Waals surface area contributed by atoms with E-state index in [2.05, 4.69) is 9.97 Å². The summed E-state index contributed by atoms with van der Waals surface area (Å²) in [6, 6.07) is 19.0. The molecule has 2 heterocycles. The van der Waals surface area contributed by atoms with Crippen LogP contribution in [0.2, 0.25) is 0 Å². The van der Waals surface area contributed by atoms with Gasteiger partial charge in [-0.25, -0.2) is 19.6 Å². The van der Waals surface area contributed by atoms with Crippen LogP contribution in [0, 0.1) is 0 Å². The Morgan fingerprint density at radius 2 is 1.30 bits per heavy atom. The summed E-state index contributed by atoms with van der Waals surface area (Å²) >= 11 is 0. The van der Waals surface area contributed by atoms with Crippen LogP contribution < -0.4 is 0 Å². The second kappa shape index (κ2) is 9.28. The molecule has 1 aromatic heterocycles. The van der Waals surface area contributed by atoms with Crippen LogP contribution in [0.3, 0.4) is 0 Å². The molecule has 2 aromatic carbocycles. The minimum Gasteiger partial charge on any atom is -0.455 e. The van der Waals surface area contributed by atoms with Gasteiger partial charge in [-0.2, -0.15) is 0 Å². The lowest BCUT2D eigenvalue weighted by atomic mass is 10.0. The molecule has 152 valence electrons. The summed E-state index contributed by atoms with van der Waals surface area (Å²) in [6.45, 7) is 0.0637. The Balaban J connectivity index is 1.52. The highest BCUT2D eigenvalue weighted by atomic mass is 16.6. The van der Waals surface area contributed by atoms with Crippen LogP contribution >= 0.6 is 0 Å². The van der Waals surface area contributed by atoms with E-state index in [0.717, 1.165) is 0 Å². The molecule has 7 nitrogen and oxygen atoms in total. The summed E-state index contributed by atoms with van der Waals surface area (Å²) in [5, 5.41) is 0. The average Bonchev–Trinajstić information content (AvgIpc) is 2.82. The molecule has 3 aromatic rings. The zero-order valence-corrected chi connectivity index (χ0v) is 16.1. The van der Waals surface area contributed by atoms with E-state index in [1.165, 1.54) is 0 Å². The number of hydrogen-bond acceptors (Lipinski definition) is 7. The molecule has 0 radical (unpaired) electrons. The van der Waals surface area contributed by atoms with Gasteiger partial charge in [0.25, 0.3) is 0 Å². The van der Waals surface area contributed by atoms with E-state index >= 15 is 0 Å². The van der Waals surface area contributed by atoms with E-state index in [4.69, 9.17) is 14.2 Å². The van der Waals surface area contributed by atoms with Gasteiger partial charge in [0.1, 0.15) is 12.2 Å². The second-order valence-corrected chi connectivity index (χ2v) is 6.78. The van der Waals surface area contributed by atoms with Gasteiger partial charge in [0.15, 0.2) is 11.9 Å². The molecule has 1 fully saturated rings. The fraction of sp³-hybridized carbons (Fsp3) is 0.217. The maximum Gasteiger partial charge on any atom is 0.338 e. The zero-order valence-electron chi connectivity index (χ0n) is 16.1. The fourth-order valence-electron chi connectivity index (χ4n) is 3.20. The average molecular weight is 404 g/mol. The first kappa shape index (κ1) is 19.7. The maximum atomic E-state index is 12.6. The Kier molecular flexibility index (Phi) is 6.10. The molecule has 1 saturated heterocycles. The highest BCUT2D eigenvalue weighted by Gasteiger charge is 2.38. The van der Waals surface area contributed by atoms with E-state index in [9.17, 15) is 9.59 Å². The van der Waals surface area contributed by atoms with E-state index in [-0.39, 0.29) is 13.0 Å². The predicted molar refractivity (Wildman–Crippen MR) is 107 cm³/mol. The normalized spacial score (nSPS) is 20.9. The number of hydrogen-bond donors (Lipinski definition) is 0. The molecule has 1 aliphatic heterocycles. The van der Waals surface area contributed by atoms with E-state index in [1.54, 1.807) is 67.0 Å². The van der Waals surface area contributed by atoms with Crippen molar-refractivity contribution in [3.05, 3.63) is 96.1 Å². The molecule has 0 saturated carbocycles. The maximum absolute atomic E-state index is 12.6. The monoisotopic (exact) mass is 404 g/mol. The Bertz CT molecular complexity index is 982. The van der Waals surface area contributed by atoms with E-state index in [1.807, 2.05) is 12.1 Å². The molecule has 0 amide bonds. The number of aromatic nitrogens is 2. The Morgan fingerprint density at radius 3 is 1.87 bits per heavy atom. The van der Waals surface area contributed by atoms with Gasteiger partial charge in [-0.15, -0.1) is 0 Å². The minimum atomic E-state index is -0.745. The topological polar surface area (TPSA) is 87.6 Å². The largest absolute Gasteiger partial charge is 0.455 e. The lowest BCUT2D eigenvalue weighted by Crippen LogP contribution is -2.44. The van der Waals surface area contributed by atoms with Crippen molar-refractivity contribution in [1.29, 1.82) is 0 Å². The lowest BCUT2D eigenvalue weighted by Gasteiger charge is -2.34. The Morgan fingerprint density at radius 1 is 0.767 bits per heavy atom. The van der Waals surface area contributed by atoms with Gasteiger partial charge in [0.05, 0.1) is 17.7 Å². The van der Waals surface area contributed by atoms with Gasteiger partial charge in [0.2, 0.25) is 0 Å². The van der Waals surface area contributed by atoms with Crippen molar-refractivity contribution in [2.45, 2.75) is 24.7 Å². The SMILES string of the molecule is O=C(O[C@H]1C[C@H](c2ncccn2)OC[C@H]1OC(=O)c1ccccc1)c1ccccc1. The Hall–Kier alpha value is -3.58. The number of esters is 2. The number of ether oxygens (including phenoxy) is 3. The zero-order chi connectivity index (χ0) is 20.8.